The third kappa shape index (κ3) is 1.37. The van der Waals surface area contributed by atoms with Gasteiger partial charge in [0, 0.05) is 18.1 Å². The van der Waals surface area contributed by atoms with Crippen molar-refractivity contribution in [2.24, 2.45) is 0 Å². The van der Waals surface area contributed by atoms with E-state index in [2.05, 4.69) is 4.98 Å². The SMILES string of the molecule is Cc1cc(O)ccc1-n1ccnc1C. The highest BCUT2D eigenvalue weighted by molar-refractivity contribution is 5.45. The number of phenols is 1. The van der Waals surface area contributed by atoms with E-state index < -0.39 is 0 Å². The first-order valence-electron chi connectivity index (χ1n) is 4.48. The second-order valence-electron chi connectivity index (χ2n) is 3.32. The summed E-state index contributed by atoms with van der Waals surface area (Å²) in [7, 11) is 0. The van der Waals surface area contributed by atoms with Crippen molar-refractivity contribution in [3.63, 3.8) is 0 Å². The highest BCUT2D eigenvalue weighted by Gasteiger charge is 2.03. The Labute approximate surface area is 82.7 Å². The summed E-state index contributed by atoms with van der Waals surface area (Å²) in [6.45, 7) is 3.92. The van der Waals surface area contributed by atoms with E-state index in [1.165, 1.54) is 0 Å². The van der Waals surface area contributed by atoms with Crippen LogP contribution < -0.4 is 0 Å². The molecule has 0 saturated carbocycles. The second kappa shape index (κ2) is 3.18. The van der Waals surface area contributed by atoms with Gasteiger partial charge in [0.2, 0.25) is 0 Å². The summed E-state index contributed by atoms with van der Waals surface area (Å²) in [5.74, 6) is 1.24. The Hall–Kier alpha value is -1.77. The van der Waals surface area contributed by atoms with Crippen molar-refractivity contribution in [1.29, 1.82) is 0 Å². The van der Waals surface area contributed by atoms with E-state index in [-0.39, 0.29) is 0 Å². The normalized spacial score (nSPS) is 10.4. The van der Waals surface area contributed by atoms with Crippen molar-refractivity contribution in [3.8, 4) is 11.4 Å². The number of benzene rings is 1. The van der Waals surface area contributed by atoms with Gasteiger partial charge in [-0.3, -0.25) is 0 Å². The summed E-state index contributed by atoms with van der Waals surface area (Å²) in [6.07, 6.45) is 3.68. The van der Waals surface area contributed by atoms with Gasteiger partial charge in [-0.15, -0.1) is 0 Å². The molecule has 0 fully saturated rings. The molecule has 14 heavy (non-hydrogen) atoms. The number of aromatic nitrogens is 2. The summed E-state index contributed by atoms with van der Waals surface area (Å²) >= 11 is 0. The van der Waals surface area contributed by atoms with Gasteiger partial charge in [0.05, 0.1) is 0 Å². The van der Waals surface area contributed by atoms with Crippen LogP contribution in [0.3, 0.4) is 0 Å². The molecule has 2 rings (SSSR count). The zero-order valence-electron chi connectivity index (χ0n) is 8.23. The monoisotopic (exact) mass is 188 g/mol. The Balaban J connectivity index is 2.58. The van der Waals surface area contributed by atoms with Crippen molar-refractivity contribution in [2.45, 2.75) is 13.8 Å². The molecule has 0 amide bonds. The fourth-order valence-corrected chi connectivity index (χ4v) is 1.54. The summed E-state index contributed by atoms with van der Waals surface area (Å²) < 4.78 is 1.99. The Morgan fingerprint density at radius 3 is 2.64 bits per heavy atom. The van der Waals surface area contributed by atoms with E-state index in [1.807, 2.05) is 30.7 Å². The molecule has 0 spiro atoms. The van der Waals surface area contributed by atoms with Gasteiger partial charge in [0.25, 0.3) is 0 Å². The molecule has 0 aliphatic carbocycles. The van der Waals surface area contributed by atoms with E-state index in [0.29, 0.717) is 5.75 Å². The first-order valence-corrected chi connectivity index (χ1v) is 4.48. The van der Waals surface area contributed by atoms with Gasteiger partial charge in [0.15, 0.2) is 0 Å². The van der Waals surface area contributed by atoms with E-state index in [1.54, 1.807) is 18.3 Å². The molecule has 2 aromatic rings. The summed E-state index contributed by atoms with van der Waals surface area (Å²) in [4.78, 5) is 4.16. The molecule has 0 aliphatic rings. The molecule has 0 saturated heterocycles. The minimum Gasteiger partial charge on any atom is -0.508 e. The van der Waals surface area contributed by atoms with Crippen molar-refractivity contribution >= 4 is 0 Å². The predicted molar refractivity (Wildman–Crippen MR) is 54.7 cm³/mol. The van der Waals surface area contributed by atoms with Gasteiger partial charge in [-0.05, 0) is 37.6 Å². The van der Waals surface area contributed by atoms with Crippen molar-refractivity contribution < 1.29 is 5.11 Å². The molecular formula is C11H12N2O. The fourth-order valence-electron chi connectivity index (χ4n) is 1.54. The van der Waals surface area contributed by atoms with Gasteiger partial charge < -0.3 is 9.67 Å². The van der Waals surface area contributed by atoms with Gasteiger partial charge in [-0.2, -0.15) is 0 Å². The molecule has 1 aromatic heterocycles. The average Bonchev–Trinajstić information content (AvgIpc) is 2.52. The lowest BCUT2D eigenvalue weighted by Gasteiger charge is -2.08. The Kier molecular flexibility index (Phi) is 2.00. The number of nitrogens with zero attached hydrogens (tertiary/aromatic N) is 2. The average molecular weight is 188 g/mol. The quantitative estimate of drug-likeness (QED) is 0.745. The van der Waals surface area contributed by atoms with Crippen LogP contribution in [-0.2, 0) is 0 Å². The van der Waals surface area contributed by atoms with Crippen LogP contribution in [0.4, 0.5) is 0 Å². The van der Waals surface area contributed by atoms with Crippen LogP contribution >= 0.6 is 0 Å². The Bertz CT molecular complexity index is 460. The zero-order valence-corrected chi connectivity index (χ0v) is 8.23. The molecule has 0 radical (unpaired) electrons. The van der Waals surface area contributed by atoms with Crippen molar-refractivity contribution in [3.05, 3.63) is 42.0 Å². The molecule has 3 heteroatoms. The van der Waals surface area contributed by atoms with Crippen LogP contribution in [-0.4, -0.2) is 14.7 Å². The maximum Gasteiger partial charge on any atom is 0.115 e. The molecule has 72 valence electrons. The predicted octanol–water partition coefficient (Wildman–Crippen LogP) is 2.19. The molecule has 0 bridgehead atoms. The van der Waals surface area contributed by atoms with E-state index in [4.69, 9.17) is 0 Å². The fraction of sp³-hybridized carbons (Fsp3) is 0.182. The van der Waals surface area contributed by atoms with Gasteiger partial charge in [0.1, 0.15) is 11.6 Å². The van der Waals surface area contributed by atoms with Crippen LogP contribution in [0.5, 0.6) is 5.75 Å². The van der Waals surface area contributed by atoms with Gasteiger partial charge in [-0.25, -0.2) is 4.98 Å². The van der Waals surface area contributed by atoms with Gasteiger partial charge in [-0.1, -0.05) is 0 Å². The number of rotatable bonds is 1. The molecule has 1 N–H and O–H groups in total. The molecule has 0 atom stereocenters. The van der Waals surface area contributed by atoms with E-state index >= 15 is 0 Å². The molecule has 0 aliphatic heterocycles. The van der Waals surface area contributed by atoms with Crippen LogP contribution in [0.15, 0.2) is 30.6 Å². The zero-order chi connectivity index (χ0) is 10.1. The largest absolute Gasteiger partial charge is 0.508 e. The maximum absolute atomic E-state index is 9.28. The Morgan fingerprint density at radius 2 is 2.07 bits per heavy atom. The summed E-state index contributed by atoms with van der Waals surface area (Å²) in [6, 6.07) is 5.32. The molecule has 1 aromatic carbocycles. The standard InChI is InChI=1S/C11H12N2O/c1-8-7-10(14)3-4-11(8)13-6-5-12-9(13)2/h3-7,14H,1-2H3. The molecule has 0 unspecified atom stereocenters. The first-order chi connectivity index (χ1) is 6.68. The van der Waals surface area contributed by atoms with E-state index in [9.17, 15) is 5.11 Å². The number of aromatic hydroxyl groups is 1. The summed E-state index contributed by atoms with van der Waals surface area (Å²) in [5.41, 5.74) is 2.09. The smallest absolute Gasteiger partial charge is 0.115 e. The highest BCUT2D eigenvalue weighted by atomic mass is 16.3. The van der Waals surface area contributed by atoms with E-state index in [0.717, 1.165) is 17.1 Å². The second-order valence-corrected chi connectivity index (χ2v) is 3.32. The van der Waals surface area contributed by atoms with Crippen LogP contribution in [0.2, 0.25) is 0 Å². The Morgan fingerprint density at radius 1 is 1.29 bits per heavy atom. The lowest BCUT2D eigenvalue weighted by atomic mass is 10.2. The highest BCUT2D eigenvalue weighted by Crippen LogP contribution is 2.20. The minimum absolute atomic E-state index is 0.295. The lowest BCUT2D eigenvalue weighted by Crippen LogP contribution is -1.97. The number of imidazole rings is 1. The van der Waals surface area contributed by atoms with Crippen LogP contribution in [0.25, 0.3) is 5.69 Å². The third-order valence-electron chi connectivity index (χ3n) is 2.27. The maximum atomic E-state index is 9.28. The molecule has 1 heterocycles. The number of hydrogen-bond acceptors (Lipinski definition) is 2. The number of phenolic OH excluding ortho intramolecular Hbond substituents is 1. The third-order valence-corrected chi connectivity index (χ3v) is 2.27. The van der Waals surface area contributed by atoms with Crippen molar-refractivity contribution in [2.75, 3.05) is 0 Å². The molecule has 3 nitrogen and oxygen atoms in total. The van der Waals surface area contributed by atoms with Crippen LogP contribution in [0, 0.1) is 13.8 Å². The molecular weight excluding hydrogens is 176 g/mol. The number of hydrogen-bond donors (Lipinski definition) is 1. The van der Waals surface area contributed by atoms with Crippen LogP contribution in [0.1, 0.15) is 11.4 Å². The summed E-state index contributed by atoms with van der Waals surface area (Å²) in [5, 5.41) is 9.28. The number of aryl methyl sites for hydroxylation is 2. The minimum atomic E-state index is 0.295. The first kappa shape index (κ1) is 8.81. The lowest BCUT2D eigenvalue weighted by molar-refractivity contribution is 0.474. The van der Waals surface area contributed by atoms with Crippen molar-refractivity contribution in [1.82, 2.24) is 9.55 Å². The topological polar surface area (TPSA) is 38.0 Å². The van der Waals surface area contributed by atoms with Gasteiger partial charge >= 0.3 is 0 Å².